The zero-order valence-electron chi connectivity index (χ0n) is 9.97. The fourth-order valence-electron chi connectivity index (χ4n) is 1.27. The molecule has 0 aromatic heterocycles. The first-order valence-corrected chi connectivity index (χ1v) is 5.55. The van der Waals surface area contributed by atoms with Gasteiger partial charge < -0.3 is 9.47 Å². The second-order valence-electron chi connectivity index (χ2n) is 3.81. The summed E-state index contributed by atoms with van der Waals surface area (Å²) in [7, 11) is 0. The maximum atomic E-state index is 11.6. The highest BCUT2D eigenvalue weighted by molar-refractivity contribution is 5.75. The van der Waals surface area contributed by atoms with Crippen molar-refractivity contribution in [2.24, 2.45) is 0 Å². The highest BCUT2D eigenvalue weighted by Gasteiger charge is 2.20. The highest BCUT2D eigenvalue weighted by Crippen LogP contribution is 2.13. The Morgan fingerprint density at radius 3 is 2.38 bits per heavy atom. The van der Waals surface area contributed by atoms with Crippen LogP contribution < -0.4 is 4.74 Å². The molecule has 0 saturated heterocycles. The number of carbonyl (C=O) groups is 1. The second kappa shape index (κ2) is 6.16. The molecule has 1 aromatic rings. The Labute approximate surface area is 96.4 Å². The highest BCUT2D eigenvalue weighted by atomic mass is 16.6. The van der Waals surface area contributed by atoms with E-state index >= 15 is 0 Å². The lowest BCUT2D eigenvalue weighted by atomic mass is 10.2. The van der Waals surface area contributed by atoms with Crippen LogP contribution in [0, 0.1) is 0 Å². The van der Waals surface area contributed by atoms with Crippen molar-refractivity contribution in [3.63, 3.8) is 0 Å². The van der Waals surface area contributed by atoms with Gasteiger partial charge in [0.15, 0.2) is 6.10 Å². The van der Waals surface area contributed by atoms with Crippen LogP contribution in [-0.2, 0) is 9.53 Å². The molecule has 0 N–H and O–H groups in total. The van der Waals surface area contributed by atoms with E-state index in [1.807, 2.05) is 51.1 Å². The van der Waals surface area contributed by atoms with E-state index in [9.17, 15) is 4.79 Å². The van der Waals surface area contributed by atoms with Gasteiger partial charge in [0.1, 0.15) is 5.75 Å². The van der Waals surface area contributed by atoms with Gasteiger partial charge in [0.2, 0.25) is 0 Å². The number of rotatable bonds is 5. The molecule has 0 aliphatic rings. The molecule has 0 amide bonds. The van der Waals surface area contributed by atoms with E-state index in [0.717, 1.165) is 0 Å². The molecule has 88 valence electrons. The van der Waals surface area contributed by atoms with Crippen molar-refractivity contribution in [3.05, 3.63) is 30.3 Å². The maximum absolute atomic E-state index is 11.6. The largest absolute Gasteiger partial charge is 0.479 e. The predicted octanol–water partition coefficient (Wildman–Crippen LogP) is 2.80. The van der Waals surface area contributed by atoms with Crippen molar-refractivity contribution in [2.45, 2.75) is 39.4 Å². The van der Waals surface area contributed by atoms with E-state index in [1.54, 1.807) is 0 Å². The Kier molecular flexibility index (Phi) is 4.83. The molecule has 0 saturated carbocycles. The van der Waals surface area contributed by atoms with Crippen molar-refractivity contribution >= 4 is 5.97 Å². The van der Waals surface area contributed by atoms with Crippen LogP contribution >= 0.6 is 0 Å². The minimum absolute atomic E-state index is 0.110. The summed E-state index contributed by atoms with van der Waals surface area (Å²) in [6, 6.07) is 9.29. The van der Waals surface area contributed by atoms with Gasteiger partial charge in [-0.2, -0.15) is 0 Å². The van der Waals surface area contributed by atoms with E-state index < -0.39 is 6.10 Å². The molecule has 0 fully saturated rings. The third kappa shape index (κ3) is 3.93. The molecule has 1 rings (SSSR count). The number of esters is 1. The Bertz CT molecular complexity index is 319. The Hall–Kier alpha value is -1.51. The van der Waals surface area contributed by atoms with Crippen LogP contribution in [0.3, 0.4) is 0 Å². The molecule has 0 aliphatic carbocycles. The van der Waals surface area contributed by atoms with E-state index in [1.165, 1.54) is 0 Å². The summed E-state index contributed by atoms with van der Waals surface area (Å²) in [6.45, 7) is 5.55. The molecule has 16 heavy (non-hydrogen) atoms. The zero-order valence-corrected chi connectivity index (χ0v) is 9.97. The standard InChI is InChI=1S/C13H18O3/c1-4-12(13(14)15-10(2)3)16-11-8-6-5-7-9-11/h5-10,12H,4H2,1-3H3. The van der Waals surface area contributed by atoms with Gasteiger partial charge in [-0.1, -0.05) is 25.1 Å². The quantitative estimate of drug-likeness (QED) is 0.719. The van der Waals surface area contributed by atoms with Crippen molar-refractivity contribution in [1.82, 2.24) is 0 Å². The zero-order chi connectivity index (χ0) is 12.0. The van der Waals surface area contributed by atoms with Crippen molar-refractivity contribution < 1.29 is 14.3 Å². The summed E-state index contributed by atoms with van der Waals surface area (Å²) in [5.74, 6) is 0.386. The number of hydrogen-bond donors (Lipinski definition) is 0. The Balaban J connectivity index is 2.58. The fraction of sp³-hybridized carbons (Fsp3) is 0.462. The molecule has 0 aliphatic heterocycles. The minimum Gasteiger partial charge on any atom is -0.479 e. The van der Waals surface area contributed by atoms with Crippen LogP contribution in [0.1, 0.15) is 27.2 Å². The Morgan fingerprint density at radius 1 is 1.25 bits per heavy atom. The number of carbonyl (C=O) groups excluding carboxylic acids is 1. The summed E-state index contributed by atoms with van der Waals surface area (Å²) in [6.07, 6.45) is -0.0359. The van der Waals surface area contributed by atoms with Crippen molar-refractivity contribution in [3.8, 4) is 5.75 Å². The molecule has 0 spiro atoms. The van der Waals surface area contributed by atoms with E-state index in [0.29, 0.717) is 12.2 Å². The fourth-order valence-corrected chi connectivity index (χ4v) is 1.27. The normalized spacial score (nSPS) is 12.2. The van der Waals surface area contributed by atoms with Crippen LogP contribution in [0.25, 0.3) is 0 Å². The van der Waals surface area contributed by atoms with Gasteiger partial charge in [-0.25, -0.2) is 4.79 Å². The molecule has 3 nitrogen and oxygen atoms in total. The van der Waals surface area contributed by atoms with Crippen LogP contribution in [0.4, 0.5) is 0 Å². The lowest BCUT2D eigenvalue weighted by Crippen LogP contribution is -2.30. The first-order chi connectivity index (χ1) is 7.63. The monoisotopic (exact) mass is 222 g/mol. The average Bonchev–Trinajstić information content (AvgIpc) is 2.26. The minimum atomic E-state index is -0.523. The molecule has 0 heterocycles. The molecule has 1 aromatic carbocycles. The summed E-state index contributed by atoms with van der Waals surface area (Å²) in [4.78, 5) is 11.6. The van der Waals surface area contributed by atoms with Gasteiger partial charge in [0.25, 0.3) is 0 Å². The van der Waals surface area contributed by atoms with Crippen LogP contribution in [-0.4, -0.2) is 18.2 Å². The molecular weight excluding hydrogens is 204 g/mol. The smallest absolute Gasteiger partial charge is 0.347 e. The molecular formula is C13H18O3. The number of hydrogen-bond acceptors (Lipinski definition) is 3. The second-order valence-corrected chi connectivity index (χ2v) is 3.81. The number of ether oxygens (including phenoxy) is 2. The van der Waals surface area contributed by atoms with E-state index in [2.05, 4.69) is 0 Å². The molecule has 1 atom stereocenters. The molecule has 0 bridgehead atoms. The molecule has 0 radical (unpaired) electrons. The predicted molar refractivity (Wildman–Crippen MR) is 62.4 cm³/mol. The van der Waals surface area contributed by atoms with Crippen molar-refractivity contribution in [1.29, 1.82) is 0 Å². The lowest BCUT2D eigenvalue weighted by molar-refractivity contribution is -0.155. The van der Waals surface area contributed by atoms with Gasteiger partial charge in [-0.3, -0.25) is 0 Å². The van der Waals surface area contributed by atoms with Crippen LogP contribution in [0.5, 0.6) is 5.75 Å². The van der Waals surface area contributed by atoms with Gasteiger partial charge in [0, 0.05) is 0 Å². The van der Waals surface area contributed by atoms with Gasteiger partial charge in [-0.05, 0) is 32.4 Å². The third-order valence-corrected chi connectivity index (χ3v) is 2.01. The maximum Gasteiger partial charge on any atom is 0.347 e. The van der Waals surface area contributed by atoms with Crippen molar-refractivity contribution in [2.75, 3.05) is 0 Å². The number of benzene rings is 1. The van der Waals surface area contributed by atoms with E-state index in [-0.39, 0.29) is 12.1 Å². The van der Waals surface area contributed by atoms with E-state index in [4.69, 9.17) is 9.47 Å². The first kappa shape index (κ1) is 12.6. The summed E-state index contributed by atoms with van der Waals surface area (Å²) < 4.78 is 10.7. The molecule has 1 unspecified atom stereocenters. The van der Waals surface area contributed by atoms with Crippen LogP contribution in [0.15, 0.2) is 30.3 Å². The van der Waals surface area contributed by atoms with Crippen LogP contribution in [0.2, 0.25) is 0 Å². The average molecular weight is 222 g/mol. The first-order valence-electron chi connectivity index (χ1n) is 5.55. The summed E-state index contributed by atoms with van der Waals surface area (Å²) in [5.41, 5.74) is 0. The number of para-hydroxylation sites is 1. The SMILES string of the molecule is CCC(Oc1ccccc1)C(=O)OC(C)C. The third-order valence-electron chi connectivity index (χ3n) is 2.01. The lowest BCUT2D eigenvalue weighted by Gasteiger charge is -2.17. The summed E-state index contributed by atoms with van der Waals surface area (Å²) >= 11 is 0. The van der Waals surface area contributed by atoms with Gasteiger partial charge >= 0.3 is 5.97 Å². The topological polar surface area (TPSA) is 35.5 Å². The van der Waals surface area contributed by atoms with Gasteiger partial charge in [-0.15, -0.1) is 0 Å². The summed E-state index contributed by atoms with van der Waals surface area (Å²) in [5, 5.41) is 0. The molecule has 3 heteroatoms. The Morgan fingerprint density at radius 2 is 1.88 bits per heavy atom. The van der Waals surface area contributed by atoms with Gasteiger partial charge in [0.05, 0.1) is 6.10 Å².